The molecule has 0 heterocycles. The van der Waals surface area contributed by atoms with Crippen LogP contribution < -0.4 is 0 Å². The molecule has 66 valence electrons. The predicted octanol–water partition coefficient (Wildman–Crippen LogP) is 2.82. The maximum atomic E-state index is 6.05. The van der Waals surface area contributed by atoms with Gasteiger partial charge in [-0.15, -0.1) is 11.6 Å². The number of halogens is 1. The molecule has 0 aromatic rings. The molecule has 0 spiro atoms. The van der Waals surface area contributed by atoms with Gasteiger partial charge in [0, 0.05) is 18.4 Å². The van der Waals surface area contributed by atoms with E-state index in [2.05, 4.69) is 6.92 Å². The highest BCUT2D eigenvalue weighted by molar-refractivity contribution is 6.20. The molecule has 0 N–H and O–H groups in total. The summed E-state index contributed by atoms with van der Waals surface area (Å²) in [7, 11) is 1.79. The average Bonchev–Trinajstić information content (AvgIpc) is 2.04. The topological polar surface area (TPSA) is 9.23 Å². The Morgan fingerprint density at radius 3 is 2.45 bits per heavy atom. The minimum absolute atomic E-state index is 0.264. The summed E-state index contributed by atoms with van der Waals surface area (Å²) in [6.45, 7) is 2.07. The standard InChI is InChI=1S/C9H17ClO/c1-7(10)8-5-3-4-6-9(8)11-2/h7-9H,3-6H2,1-2H3. The van der Waals surface area contributed by atoms with Gasteiger partial charge >= 0.3 is 0 Å². The molecule has 0 bridgehead atoms. The summed E-state index contributed by atoms with van der Waals surface area (Å²) >= 11 is 6.05. The Bertz CT molecular complexity index is 114. The normalized spacial score (nSPS) is 35.2. The van der Waals surface area contributed by atoms with E-state index in [1.807, 2.05) is 0 Å². The van der Waals surface area contributed by atoms with Crippen molar-refractivity contribution < 1.29 is 4.74 Å². The molecule has 1 saturated carbocycles. The van der Waals surface area contributed by atoms with Gasteiger partial charge in [-0.2, -0.15) is 0 Å². The lowest BCUT2D eigenvalue weighted by Gasteiger charge is -2.31. The second-order valence-electron chi connectivity index (χ2n) is 3.40. The zero-order chi connectivity index (χ0) is 8.27. The SMILES string of the molecule is COC1CCCCC1C(C)Cl. The Balaban J connectivity index is 2.44. The van der Waals surface area contributed by atoms with Crippen LogP contribution in [0.15, 0.2) is 0 Å². The predicted molar refractivity (Wildman–Crippen MR) is 48.1 cm³/mol. The molecule has 11 heavy (non-hydrogen) atoms. The third kappa shape index (κ3) is 2.34. The molecular formula is C9H17ClO. The van der Waals surface area contributed by atoms with Crippen molar-refractivity contribution in [1.82, 2.24) is 0 Å². The zero-order valence-electron chi connectivity index (χ0n) is 7.35. The Labute approximate surface area is 74.1 Å². The quantitative estimate of drug-likeness (QED) is 0.588. The third-order valence-electron chi connectivity index (χ3n) is 2.65. The Morgan fingerprint density at radius 1 is 1.36 bits per heavy atom. The number of rotatable bonds is 2. The van der Waals surface area contributed by atoms with Gasteiger partial charge in [-0.3, -0.25) is 0 Å². The smallest absolute Gasteiger partial charge is 0.0613 e. The number of ether oxygens (including phenoxy) is 1. The molecule has 3 atom stereocenters. The van der Waals surface area contributed by atoms with Gasteiger partial charge in [0.25, 0.3) is 0 Å². The van der Waals surface area contributed by atoms with E-state index in [-0.39, 0.29) is 5.38 Å². The summed E-state index contributed by atoms with van der Waals surface area (Å²) in [4.78, 5) is 0. The summed E-state index contributed by atoms with van der Waals surface area (Å²) in [5, 5.41) is 0.264. The van der Waals surface area contributed by atoms with Crippen LogP contribution in [-0.4, -0.2) is 18.6 Å². The molecule has 1 fully saturated rings. The first-order valence-corrected chi connectivity index (χ1v) is 4.86. The number of hydrogen-bond donors (Lipinski definition) is 0. The highest BCUT2D eigenvalue weighted by Gasteiger charge is 2.28. The molecule has 3 unspecified atom stereocenters. The fourth-order valence-corrected chi connectivity index (χ4v) is 2.23. The first-order chi connectivity index (χ1) is 5.25. The molecule has 0 aromatic heterocycles. The fourth-order valence-electron chi connectivity index (χ4n) is 1.94. The first-order valence-electron chi connectivity index (χ1n) is 4.42. The molecule has 1 nitrogen and oxygen atoms in total. The Morgan fingerprint density at radius 2 is 2.00 bits per heavy atom. The fraction of sp³-hybridized carbons (Fsp3) is 1.00. The second-order valence-corrected chi connectivity index (χ2v) is 4.09. The summed E-state index contributed by atoms with van der Waals surface area (Å²) in [6, 6.07) is 0. The maximum Gasteiger partial charge on any atom is 0.0613 e. The molecule has 0 amide bonds. The van der Waals surface area contributed by atoms with Crippen LogP contribution in [-0.2, 0) is 4.74 Å². The minimum atomic E-state index is 0.264. The van der Waals surface area contributed by atoms with Gasteiger partial charge in [0.1, 0.15) is 0 Å². The third-order valence-corrected chi connectivity index (χ3v) is 2.97. The van der Waals surface area contributed by atoms with Crippen LogP contribution >= 0.6 is 11.6 Å². The molecule has 1 rings (SSSR count). The van der Waals surface area contributed by atoms with Crippen molar-refractivity contribution in [3.05, 3.63) is 0 Å². The lowest BCUT2D eigenvalue weighted by Crippen LogP contribution is -2.31. The van der Waals surface area contributed by atoms with Crippen molar-refractivity contribution in [3.63, 3.8) is 0 Å². The molecule has 0 aliphatic heterocycles. The van der Waals surface area contributed by atoms with E-state index in [1.165, 1.54) is 25.7 Å². The minimum Gasteiger partial charge on any atom is -0.381 e. The van der Waals surface area contributed by atoms with Crippen molar-refractivity contribution >= 4 is 11.6 Å². The highest BCUT2D eigenvalue weighted by Crippen LogP contribution is 2.30. The molecule has 0 aromatic carbocycles. The second kappa shape index (κ2) is 4.32. The molecule has 0 saturated heterocycles. The molecule has 1 aliphatic rings. The zero-order valence-corrected chi connectivity index (χ0v) is 8.10. The summed E-state index contributed by atoms with van der Waals surface area (Å²) < 4.78 is 5.38. The summed E-state index contributed by atoms with van der Waals surface area (Å²) in [5.41, 5.74) is 0. The lowest BCUT2D eigenvalue weighted by atomic mass is 9.84. The van der Waals surface area contributed by atoms with Crippen LogP contribution in [0.2, 0.25) is 0 Å². The van der Waals surface area contributed by atoms with Crippen molar-refractivity contribution in [2.75, 3.05) is 7.11 Å². The first kappa shape index (κ1) is 9.34. The van der Waals surface area contributed by atoms with Gasteiger partial charge in [-0.25, -0.2) is 0 Å². The number of methoxy groups -OCH3 is 1. The molecule has 0 radical (unpaired) electrons. The van der Waals surface area contributed by atoms with Crippen molar-refractivity contribution in [1.29, 1.82) is 0 Å². The summed E-state index contributed by atoms with van der Waals surface area (Å²) in [5.74, 6) is 0.579. The molecule has 1 aliphatic carbocycles. The number of hydrogen-bond acceptors (Lipinski definition) is 1. The number of alkyl halides is 1. The van der Waals surface area contributed by atoms with Gasteiger partial charge in [-0.1, -0.05) is 12.8 Å². The van der Waals surface area contributed by atoms with E-state index in [9.17, 15) is 0 Å². The van der Waals surface area contributed by atoms with E-state index >= 15 is 0 Å². The van der Waals surface area contributed by atoms with Gasteiger partial charge < -0.3 is 4.74 Å². The van der Waals surface area contributed by atoms with Crippen LogP contribution in [0.3, 0.4) is 0 Å². The van der Waals surface area contributed by atoms with Gasteiger partial charge in [0.15, 0.2) is 0 Å². The van der Waals surface area contributed by atoms with Gasteiger partial charge in [-0.05, 0) is 19.8 Å². The van der Waals surface area contributed by atoms with E-state index in [1.54, 1.807) is 7.11 Å². The van der Waals surface area contributed by atoms with E-state index < -0.39 is 0 Å². The average molecular weight is 177 g/mol. The van der Waals surface area contributed by atoms with Crippen molar-refractivity contribution in [2.24, 2.45) is 5.92 Å². The van der Waals surface area contributed by atoms with Gasteiger partial charge in [0.2, 0.25) is 0 Å². The van der Waals surface area contributed by atoms with E-state index in [0.717, 1.165) is 0 Å². The summed E-state index contributed by atoms with van der Waals surface area (Å²) in [6.07, 6.45) is 5.47. The monoisotopic (exact) mass is 176 g/mol. The maximum absolute atomic E-state index is 6.05. The van der Waals surface area contributed by atoms with E-state index in [0.29, 0.717) is 12.0 Å². The lowest BCUT2D eigenvalue weighted by molar-refractivity contribution is 0.0238. The van der Waals surface area contributed by atoms with Crippen LogP contribution in [0, 0.1) is 5.92 Å². The van der Waals surface area contributed by atoms with Crippen molar-refractivity contribution in [2.45, 2.75) is 44.1 Å². The Hall–Kier alpha value is 0.250. The largest absolute Gasteiger partial charge is 0.381 e. The van der Waals surface area contributed by atoms with Crippen LogP contribution in [0.4, 0.5) is 0 Å². The van der Waals surface area contributed by atoms with Gasteiger partial charge in [0.05, 0.1) is 6.10 Å². The van der Waals surface area contributed by atoms with E-state index in [4.69, 9.17) is 16.3 Å². The van der Waals surface area contributed by atoms with Crippen LogP contribution in [0.5, 0.6) is 0 Å². The Kier molecular flexibility index (Phi) is 3.67. The van der Waals surface area contributed by atoms with Crippen molar-refractivity contribution in [3.8, 4) is 0 Å². The molecule has 2 heteroatoms. The van der Waals surface area contributed by atoms with Crippen LogP contribution in [0.1, 0.15) is 32.6 Å². The van der Waals surface area contributed by atoms with Crippen LogP contribution in [0.25, 0.3) is 0 Å². The molecular weight excluding hydrogens is 160 g/mol. The highest BCUT2D eigenvalue weighted by atomic mass is 35.5.